The van der Waals surface area contributed by atoms with E-state index in [-0.39, 0.29) is 0 Å². The third kappa shape index (κ3) is 2.77. The van der Waals surface area contributed by atoms with Crippen LogP contribution in [0.2, 0.25) is 0 Å². The molecule has 2 aromatic rings. The molecule has 0 amide bonds. The Bertz CT molecular complexity index is 875. The summed E-state index contributed by atoms with van der Waals surface area (Å²) in [6, 6.07) is 13.5. The smallest absolute Gasteiger partial charge is 0.518 e. The van der Waals surface area contributed by atoms with Gasteiger partial charge in [0.2, 0.25) is 0 Å². The van der Waals surface area contributed by atoms with Crippen molar-refractivity contribution in [3.63, 3.8) is 0 Å². The maximum atomic E-state index is 12.5. The molecule has 0 saturated carbocycles. The number of sulfonamides is 1. The van der Waals surface area contributed by atoms with Crippen molar-refractivity contribution in [3.05, 3.63) is 70.8 Å². The standard InChI is InChI=1S/C16H12F3NO3S/c17-16(18,19)24(22,23)20-15(21)14-12-7-3-1-5-10(12)9-11-6-2-4-8-13(11)14/h1-8,14H,9H2,(H,20,21)/p-1. The van der Waals surface area contributed by atoms with Crippen LogP contribution in [0.1, 0.15) is 28.2 Å². The highest BCUT2D eigenvalue weighted by molar-refractivity contribution is 7.91. The lowest BCUT2D eigenvalue weighted by molar-refractivity contribution is -0.219. The number of nitrogens with zero attached hydrogens (tertiary/aromatic N) is 1. The first-order valence-electron chi connectivity index (χ1n) is 6.94. The van der Waals surface area contributed by atoms with Gasteiger partial charge in [0.25, 0.3) is 0 Å². The van der Waals surface area contributed by atoms with Crippen molar-refractivity contribution >= 4 is 15.9 Å². The molecule has 3 rings (SSSR count). The fraction of sp³-hybridized carbons (Fsp3) is 0.188. The number of benzene rings is 2. The van der Waals surface area contributed by atoms with Crippen LogP contribution in [0, 0.1) is 0 Å². The number of alkyl halides is 3. The zero-order valence-electron chi connectivity index (χ0n) is 12.1. The van der Waals surface area contributed by atoms with E-state index in [1.807, 2.05) is 0 Å². The molecule has 1 aliphatic carbocycles. The molecule has 0 bridgehead atoms. The first kappa shape index (κ1) is 16.5. The van der Waals surface area contributed by atoms with Gasteiger partial charge in [0.05, 0.1) is 0 Å². The van der Waals surface area contributed by atoms with Crippen LogP contribution in [0.5, 0.6) is 0 Å². The van der Waals surface area contributed by atoms with E-state index in [0.717, 1.165) is 11.1 Å². The van der Waals surface area contributed by atoms with Crippen LogP contribution in [-0.2, 0) is 16.4 Å². The van der Waals surface area contributed by atoms with E-state index >= 15 is 0 Å². The Morgan fingerprint density at radius 3 is 1.92 bits per heavy atom. The first-order chi connectivity index (χ1) is 11.2. The molecule has 126 valence electrons. The van der Waals surface area contributed by atoms with Crippen molar-refractivity contribution in [2.24, 2.45) is 4.40 Å². The van der Waals surface area contributed by atoms with Crippen molar-refractivity contribution in [3.8, 4) is 0 Å². The van der Waals surface area contributed by atoms with Gasteiger partial charge in [0.1, 0.15) is 0 Å². The van der Waals surface area contributed by atoms with Gasteiger partial charge in [-0.1, -0.05) is 48.5 Å². The molecule has 4 nitrogen and oxygen atoms in total. The normalized spacial score (nSPS) is 15.7. The zero-order chi connectivity index (χ0) is 17.5. The summed E-state index contributed by atoms with van der Waals surface area (Å²) in [7, 11) is -5.88. The Labute approximate surface area is 136 Å². The number of halogens is 3. The molecule has 0 aliphatic heterocycles. The maximum absolute atomic E-state index is 12.5. The van der Waals surface area contributed by atoms with Crippen molar-refractivity contribution in [2.75, 3.05) is 0 Å². The number of rotatable bonds is 2. The summed E-state index contributed by atoms with van der Waals surface area (Å²) < 4.78 is 62.5. The van der Waals surface area contributed by atoms with Crippen LogP contribution >= 0.6 is 0 Å². The minimum absolute atomic E-state index is 0.474. The van der Waals surface area contributed by atoms with Crippen molar-refractivity contribution < 1.29 is 26.7 Å². The van der Waals surface area contributed by atoms with Crippen LogP contribution in [0.15, 0.2) is 52.9 Å². The van der Waals surface area contributed by atoms with Gasteiger partial charge >= 0.3 is 15.5 Å². The zero-order valence-corrected chi connectivity index (χ0v) is 12.9. The van der Waals surface area contributed by atoms with Gasteiger partial charge in [-0.25, -0.2) is 0 Å². The average molecular weight is 354 g/mol. The predicted molar refractivity (Wildman–Crippen MR) is 79.9 cm³/mol. The Balaban J connectivity index is 2.18. The molecule has 0 N–H and O–H groups in total. The van der Waals surface area contributed by atoms with Gasteiger partial charge in [-0.3, -0.25) is 0 Å². The van der Waals surface area contributed by atoms with Crippen LogP contribution in [0.25, 0.3) is 0 Å². The number of hydrogen-bond donors (Lipinski definition) is 0. The minimum Gasteiger partial charge on any atom is -0.860 e. The molecule has 0 radical (unpaired) electrons. The summed E-state index contributed by atoms with van der Waals surface area (Å²) in [6.07, 6.45) is 0.516. The van der Waals surface area contributed by atoms with Crippen molar-refractivity contribution in [1.29, 1.82) is 0 Å². The molecular formula is C16H11F3NO3S-. The lowest BCUT2D eigenvalue weighted by atomic mass is 9.78. The van der Waals surface area contributed by atoms with E-state index in [2.05, 4.69) is 4.40 Å². The van der Waals surface area contributed by atoms with E-state index in [1.165, 1.54) is 0 Å². The molecular weight excluding hydrogens is 343 g/mol. The van der Waals surface area contributed by atoms with Gasteiger partial charge in [-0.15, -0.1) is 0 Å². The van der Waals surface area contributed by atoms with E-state index in [4.69, 9.17) is 0 Å². The lowest BCUT2D eigenvalue weighted by Crippen LogP contribution is -2.33. The second kappa shape index (κ2) is 5.62. The van der Waals surface area contributed by atoms with Gasteiger partial charge in [0.15, 0.2) is 0 Å². The quantitative estimate of drug-likeness (QED) is 0.614. The van der Waals surface area contributed by atoms with Crippen LogP contribution < -0.4 is 5.11 Å². The second-order valence-electron chi connectivity index (χ2n) is 5.36. The Morgan fingerprint density at radius 2 is 1.46 bits per heavy atom. The fourth-order valence-corrected chi connectivity index (χ4v) is 3.26. The molecule has 0 atom stereocenters. The molecule has 0 unspecified atom stereocenters. The Kier molecular flexibility index (Phi) is 3.87. The van der Waals surface area contributed by atoms with Crippen molar-refractivity contribution in [2.45, 2.75) is 17.8 Å². The summed E-state index contributed by atoms with van der Waals surface area (Å²) >= 11 is 0. The Hall–Kier alpha value is -2.35. The van der Waals surface area contributed by atoms with Gasteiger partial charge in [-0.2, -0.15) is 26.0 Å². The fourth-order valence-electron chi connectivity index (χ4n) is 2.82. The third-order valence-electron chi connectivity index (χ3n) is 3.86. The van der Waals surface area contributed by atoms with Gasteiger partial charge < -0.3 is 5.11 Å². The predicted octanol–water partition coefficient (Wildman–Crippen LogP) is 2.33. The Morgan fingerprint density at radius 1 is 1.00 bits per heavy atom. The van der Waals surface area contributed by atoms with Gasteiger partial charge in [-0.05, 0) is 34.6 Å². The first-order valence-corrected chi connectivity index (χ1v) is 8.38. The monoisotopic (exact) mass is 354 g/mol. The van der Waals surface area contributed by atoms with E-state index in [1.54, 1.807) is 48.5 Å². The number of hydrogen-bond acceptors (Lipinski definition) is 3. The summed E-state index contributed by atoms with van der Waals surface area (Å²) in [5.41, 5.74) is -3.14. The lowest BCUT2D eigenvalue weighted by Gasteiger charge is -2.31. The molecule has 0 saturated heterocycles. The summed E-state index contributed by atoms with van der Waals surface area (Å²) in [6.45, 7) is 0. The molecule has 0 heterocycles. The molecule has 0 spiro atoms. The molecule has 24 heavy (non-hydrogen) atoms. The molecule has 0 aromatic heterocycles. The third-order valence-corrected chi connectivity index (χ3v) is 4.87. The van der Waals surface area contributed by atoms with Gasteiger partial charge in [0, 0.05) is 5.92 Å². The largest absolute Gasteiger partial charge is 0.860 e. The average Bonchev–Trinajstić information content (AvgIpc) is 2.50. The summed E-state index contributed by atoms with van der Waals surface area (Å²) in [5, 5.41) is 12.3. The topological polar surface area (TPSA) is 69.6 Å². The van der Waals surface area contributed by atoms with Crippen LogP contribution in [0.4, 0.5) is 13.2 Å². The van der Waals surface area contributed by atoms with Crippen LogP contribution in [0.3, 0.4) is 0 Å². The van der Waals surface area contributed by atoms with E-state index in [9.17, 15) is 26.7 Å². The van der Waals surface area contributed by atoms with Crippen LogP contribution in [-0.4, -0.2) is 19.8 Å². The number of fused-ring (bicyclic) bond motifs is 2. The van der Waals surface area contributed by atoms with E-state index < -0.39 is 27.3 Å². The highest BCUT2D eigenvalue weighted by atomic mass is 32.2. The molecule has 1 aliphatic rings. The summed E-state index contributed by atoms with van der Waals surface area (Å²) in [5.74, 6) is -2.50. The minimum atomic E-state index is -5.88. The second-order valence-corrected chi connectivity index (χ2v) is 6.95. The van der Waals surface area contributed by atoms with E-state index in [0.29, 0.717) is 17.5 Å². The molecule has 2 aromatic carbocycles. The molecule has 8 heteroatoms. The highest BCUT2D eigenvalue weighted by Crippen LogP contribution is 2.37. The SMILES string of the molecule is O=S(=O)(/N=C(\[O-])C1c2ccccc2Cc2ccccc21)C(F)(F)F. The van der Waals surface area contributed by atoms with Crippen molar-refractivity contribution in [1.82, 2.24) is 0 Å². The summed E-state index contributed by atoms with van der Waals surface area (Å²) in [4.78, 5) is 0. The molecule has 0 fully saturated rings. The maximum Gasteiger partial charge on any atom is 0.518 e. The highest BCUT2D eigenvalue weighted by Gasteiger charge is 2.46.